The minimum Gasteiger partial charge on any atom is -0.512 e. The molecule has 0 atom stereocenters. The number of hydrogen-bond donors (Lipinski definition) is 3. The van der Waals surface area contributed by atoms with Crippen LogP contribution in [0.3, 0.4) is 0 Å². The van der Waals surface area contributed by atoms with E-state index in [9.17, 15) is 9.90 Å². The fourth-order valence-electron chi connectivity index (χ4n) is 3.70. The van der Waals surface area contributed by atoms with E-state index in [-0.39, 0.29) is 23.9 Å². The standard InChI is InChI=1S/C28H29N5O3/c1-28(2,3)24(34)16-25(29)32-26(35)14-18-7-10-20(11-8-18)33-17-31-22-15-19(9-12-23(22)33)21-6-5-13-30-27(21)36-4/h5-13,15-17,34H,14H2,1-4H3,(H2,29,32,35)/b24-16-. The van der Waals surface area contributed by atoms with Gasteiger partial charge in [0.05, 0.1) is 24.6 Å². The van der Waals surface area contributed by atoms with Crippen molar-refractivity contribution in [1.82, 2.24) is 19.9 Å². The highest BCUT2D eigenvalue weighted by atomic mass is 16.5. The summed E-state index contributed by atoms with van der Waals surface area (Å²) >= 11 is 0. The SMILES string of the molecule is COc1ncccc1-c1ccc2c(c1)ncn2-c1ccc(CC(=O)NC(=N)/C=C(\O)C(C)(C)C)cc1. The van der Waals surface area contributed by atoms with Gasteiger partial charge in [-0.15, -0.1) is 0 Å². The van der Waals surface area contributed by atoms with Crippen molar-refractivity contribution in [3.05, 3.63) is 84.5 Å². The van der Waals surface area contributed by atoms with Crippen LogP contribution in [0.15, 0.2) is 79.0 Å². The quantitative estimate of drug-likeness (QED) is 0.198. The van der Waals surface area contributed by atoms with Gasteiger partial charge in [-0.2, -0.15) is 0 Å². The van der Waals surface area contributed by atoms with Crippen molar-refractivity contribution in [1.29, 1.82) is 5.41 Å². The third-order valence-corrected chi connectivity index (χ3v) is 5.73. The molecule has 2 heterocycles. The Morgan fingerprint density at radius 3 is 2.58 bits per heavy atom. The molecule has 0 unspecified atom stereocenters. The van der Waals surface area contributed by atoms with Crippen LogP contribution in [0.4, 0.5) is 0 Å². The van der Waals surface area contributed by atoms with Crippen LogP contribution in [0.25, 0.3) is 27.8 Å². The Morgan fingerprint density at radius 2 is 1.89 bits per heavy atom. The van der Waals surface area contributed by atoms with E-state index in [1.54, 1.807) is 19.6 Å². The Balaban J connectivity index is 1.48. The first-order valence-corrected chi connectivity index (χ1v) is 11.5. The molecule has 0 fully saturated rings. The Labute approximate surface area is 209 Å². The van der Waals surface area contributed by atoms with Crippen molar-refractivity contribution >= 4 is 22.8 Å². The number of fused-ring (bicyclic) bond motifs is 1. The number of amides is 1. The zero-order chi connectivity index (χ0) is 25.9. The van der Waals surface area contributed by atoms with E-state index >= 15 is 0 Å². The Hall–Kier alpha value is -4.46. The van der Waals surface area contributed by atoms with E-state index in [2.05, 4.69) is 15.3 Å². The molecule has 0 aliphatic carbocycles. The van der Waals surface area contributed by atoms with Gasteiger partial charge < -0.3 is 15.2 Å². The number of aliphatic hydroxyl groups is 1. The van der Waals surface area contributed by atoms with Crippen molar-refractivity contribution in [3.63, 3.8) is 0 Å². The largest absolute Gasteiger partial charge is 0.512 e. The molecule has 0 saturated carbocycles. The van der Waals surface area contributed by atoms with Crippen LogP contribution in [0.2, 0.25) is 0 Å². The molecular weight excluding hydrogens is 454 g/mol. The van der Waals surface area contributed by atoms with Crippen LogP contribution in [0.1, 0.15) is 26.3 Å². The van der Waals surface area contributed by atoms with E-state index in [1.807, 2.05) is 79.9 Å². The molecule has 2 aromatic carbocycles. The number of nitrogens with one attached hydrogen (secondary N) is 2. The molecule has 8 heteroatoms. The monoisotopic (exact) mass is 483 g/mol. The van der Waals surface area contributed by atoms with E-state index in [4.69, 9.17) is 10.1 Å². The number of aliphatic hydroxyl groups excluding tert-OH is 1. The maximum Gasteiger partial charge on any atom is 0.229 e. The second-order valence-electron chi connectivity index (χ2n) is 9.46. The molecule has 0 spiro atoms. The van der Waals surface area contributed by atoms with Crippen LogP contribution >= 0.6 is 0 Å². The maximum absolute atomic E-state index is 12.3. The average Bonchev–Trinajstić information content (AvgIpc) is 3.27. The Kier molecular flexibility index (Phi) is 6.87. The number of carbonyl (C=O) groups excluding carboxylic acids is 1. The van der Waals surface area contributed by atoms with Gasteiger partial charge in [-0.05, 0) is 47.5 Å². The molecule has 4 rings (SSSR count). The highest BCUT2D eigenvalue weighted by Gasteiger charge is 2.17. The van der Waals surface area contributed by atoms with Crippen molar-refractivity contribution in [2.45, 2.75) is 27.2 Å². The predicted octanol–water partition coefficient (Wildman–Crippen LogP) is 5.22. The lowest BCUT2D eigenvalue weighted by molar-refractivity contribution is -0.119. The number of methoxy groups -OCH3 is 1. The number of amidine groups is 1. The first kappa shape index (κ1) is 24.7. The van der Waals surface area contributed by atoms with E-state index < -0.39 is 5.41 Å². The summed E-state index contributed by atoms with van der Waals surface area (Å²) in [6.45, 7) is 5.49. The molecule has 0 bridgehead atoms. The van der Waals surface area contributed by atoms with E-state index in [1.165, 1.54) is 6.08 Å². The van der Waals surface area contributed by atoms with Gasteiger partial charge >= 0.3 is 0 Å². The van der Waals surface area contributed by atoms with E-state index in [0.717, 1.165) is 33.4 Å². The van der Waals surface area contributed by atoms with Crippen LogP contribution in [-0.2, 0) is 11.2 Å². The second kappa shape index (κ2) is 10.0. The summed E-state index contributed by atoms with van der Waals surface area (Å²) in [4.78, 5) is 21.2. The minimum atomic E-state index is -0.489. The third kappa shape index (κ3) is 5.43. The van der Waals surface area contributed by atoms with Gasteiger partial charge in [0.25, 0.3) is 0 Å². The molecule has 2 aromatic heterocycles. The summed E-state index contributed by atoms with van der Waals surface area (Å²) in [6.07, 6.45) is 4.85. The van der Waals surface area contributed by atoms with Gasteiger partial charge in [-0.25, -0.2) is 9.97 Å². The summed E-state index contributed by atoms with van der Waals surface area (Å²) < 4.78 is 7.37. The zero-order valence-corrected chi connectivity index (χ0v) is 20.7. The molecule has 184 valence electrons. The summed E-state index contributed by atoms with van der Waals surface area (Å²) in [7, 11) is 1.60. The average molecular weight is 484 g/mol. The van der Waals surface area contributed by atoms with Gasteiger partial charge in [-0.3, -0.25) is 14.8 Å². The molecule has 0 radical (unpaired) electrons. The maximum atomic E-state index is 12.3. The molecule has 0 aliphatic rings. The number of allylic oxidation sites excluding steroid dienone is 1. The predicted molar refractivity (Wildman–Crippen MR) is 141 cm³/mol. The summed E-state index contributed by atoms with van der Waals surface area (Å²) in [6, 6.07) is 17.5. The fraction of sp³-hybridized carbons (Fsp3) is 0.214. The van der Waals surface area contributed by atoms with Gasteiger partial charge in [0.1, 0.15) is 17.9 Å². The fourth-order valence-corrected chi connectivity index (χ4v) is 3.70. The van der Waals surface area contributed by atoms with Crippen LogP contribution < -0.4 is 10.1 Å². The highest BCUT2D eigenvalue weighted by Crippen LogP contribution is 2.30. The van der Waals surface area contributed by atoms with Crippen LogP contribution in [-0.4, -0.2) is 38.5 Å². The third-order valence-electron chi connectivity index (χ3n) is 5.73. The second-order valence-corrected chi connectivity index (χ2v) is 9.46. The number of aromatic nitrogens is 3. The number of hydrogen-bond acceptors (Lipinski definition) is 6. The lowest BCUT2D eigenvalue weighted by atomic mass is 9.93. The number of benzene rings is 2. The molecule has 8 nitrogen and oxygen atoms in total. The molecule has 4 aromatic rings. The summed E-state index contributed by atoms with van der Waals surface area (Å²) in [5.74, 6) is 0.138. The Morgan fingerprint density at radius 1 is 1.14 bits per heavy atom. The molecule has 0 aliphatic heterocycles. The first-order chi connectivity index (χ1) is 17.2. The number of nitrogens with zero attached hydrogens (tertiary/aromatic N) is 3. The van der Waals surface area contributed by atoms with Gasteiger partial charge in [0, 0.05) is 28.9 Å². The topological polar surface area (TPSA) is 113 Å². The van der Waals surface area contributed by atoms with Crippen molar-refractivity contribution in [2.75, 3.05) is 7.11 Å². The number of pyridine rings is 1. The molecule has 36 heavy (non-hydrogen) atoms. The van der Waals surface area contributed by atoms with Crippen molar-refractivity contribution < 1.29 is 14.6 Å². The smallest absolute Gasteiger partial charge is 0.229 e. The first-order valence-electron chi connectivity index (χ1n) is 11.5. The number of rotatable bonds is 6. The van der Waals surface area contributed by atoms with E-state index in [0.29, 0.717) is 5.88 Å². The number of ether oxygens (including phenoxy) is 1. The molecular formula is C28H29N5O3. The number of imidazole rings is 1. The molecule has 3 N–H and O–H groups in total. The van der Waals surface area contributed by atoms with Gasteiger partial charge in [0.15, 0.2) is 0 Å². The summed E-state index contributed by atoms with van der Waals surface area (Å²) in [5.41, 5.74) is 4.89. The van der Waals surface area contributed by atoms with Crippen molar-refractivity contribution in [3.8, 4) is 22.7 Å². The lowest BCUT2D eigenvalue weighted by Gasteiger charge is -2.17. The minimum absolute atomic E-state index is 0.0383. The highest BCUT2D eigenvalue weighted by molar-refractivity contribution is 6.03. The van der Waals surface area contributed by atoms with Crippen molar-refractivity contribution in [2.24, 2.45) is 5.41 Å². The normalized spacial score (nSPS) is 11.9. The molecule has 0 saturated heterocycles. The number of carbonyl (C=O) groups is 1. The van der Waals surface area contributed by atoms with Gasteiger partial charge in [0.2, 0.25) is 11.8 Å². The summed E-state index contributed by atoms with van der Waals surface area (Å²) in [5, 5.41) is 20.4. The van der Waals surface area contributed by atoms with Crippen LogP contribution in [0.5, 0.6) is 5.88 Å². The lowest BCUT2D eigenvalue weighted by Crippen LogP contribution is -2.30. The Bertz CT molecular complexity index is 1450. The zero-order valence-electron chi connectivity index (χ0n) is 20.7. The van der Waals surface area contributed by atoms with Crippen LogP contribution in [0, 0.1) is 10.8 Å². The molecule has 1 amide bonds. The van der Waals surface area contributed by atoms with Gasteiger partial charge in [-0.1, -0.05) is 39.0 Å².